The number of hydrogen-bond donors (Lipinski definition) is 4. The van der Waals surface area contributed by atoms with Gasteiger partial charge >= 0.3 is 0 Å². The molecular formula is C24H25NO7. The van der Waals surface area contributed by atoms with Gasteiger partial charge in [-0.25, -0.2) is 0 Å². The molecule has 2 unspecified atom stereocenters. The number of aliphatic hydroxyl groups excluding tert-OH is 1. The monoisotopic (exact) mass is 439 g/mol. The van der Waals surface area contributed by atoms with E-state index >= 15 is 0 Å². The summed E-state index contributed by atoms with van der Waals surface area (Å²) in [6.07, 6.45) is -0.00856. The highest BCUT2D eigenvalue weighted by molar-refractivity contribution is 6.25. The third-order valence-corrected chi connectivity index (χ3v) is 6.95. The number of aryl methyl sites for hydroxylation is 2. The molecule has 32 heavy (non-hydrogen) atoms. The fourth-order valence-corrected chi connectivity index (χ4v) is 5.29. The summed E-state index contributed by atoms with van der Waals surface area (Å²) in [6, 6.07) is 2.37. The van der Waals surface area contributed by atoms with E-state index in [1.165, 1.54) is 4.90 Å². The van der Waals surface area contributed by atoms with Gasteiger partial charge in [-0.2, -0.15) is 0 Å². The second-order valence-corrected chi connectivity index (χ2v) is 8.94. The van der Waals surface area contributed by atoms with Gasteiger partial charge in [-0.3, -0.25) is 19.3 Å². The maximum absolute atomic E-state index is 13.7. The van der Waals surface area contributed by atoms with Crippen LogP contribution in [0.25, 0.3) is 10.8 Å². The average molecular weight is 439 g/mol. The highest BCUT2D eigenvalue weighted by atomic mass is 16.3. The molecule has 8 heteroatoms. The molecule has 0 saturated carbocycles. The van der Waals surface area contributed by atoms with Gasteiger partial charge in [0.15, 0.2) is 17.2 Å². The molecule has 0 aromatic heterocycles. The van der Waals surface area contributed by atoms with Crippen LogP contribution in [0.4, 0.5) is 0 Å². The van der Waals surface area contributed by atoms with E-state index in [-0.39, 0.29) is 23.1 Å². The molecule has 0 aliphatic heterocycles. The van der Waals surface area contributed by atoms with Crippen molar-refractivity contribution in [1.29, 1.82) is 0 Å². The van der Waals surface area contributed by atoms with Crippen molar-refractivity contribution in [2.24, 2.45) is 5.92 Å². The minimum atomic E-state index is -2.58. The molecule has 2 aliphatic rings. The van der Waals surface area contributed by atoms with Crippen LogP contribution in [-0.4, -0.2) is 68.4 Å². The van der Waals surface area contributed by atoms with Gasteiger partial charge in [-0.05, 0) is 63.4 Å². The van der Waals surface area contributed by atoms with Gasteiger partial charge in [0.2, 0.25) is 5.78 Å². The second-order valence-electron chi connectivity index (χ2n) is 8.94. The number of ketones is 3. The third kappa shape index (κ3) is 2.53. The lowest BCUT2D eigenvalue weighted by atomic mass is 9.61. The molecule has 0 amide bonds. The Morgan fingerprint density at radius 2 is 1.72 bits per heavy atom. The first-order valence-electron chi connectivity index (χ1n) is 10.2. The summed E-state index contributed by atoms with van der Waals surface area (Å²) in [7, 11) is 3.18. The number of aliphatic hydroxyl groups is 2. The predicted molar refractivity (Wildman–Crippen MR) is 116 cm³/mol. The lowest BCUT2D eigenvalue weighted by Crippen LogP contribution is -2.64. The number of rotatable bonds is 2. The Hall–Kier alpha value is -3.23. The van der Waals surface area contributed by atoms with Gasteiger partial charge in [0.1, 0.15) is 22.8 Å². The summed E-state index contributed by atoms with van der Waals surface area (Å²) in [6.45, 7) is 4.46. The quantitative estimate of drug-likeness (QED) is 0.521. The molecule has 0 fully saturated rings. The van der Waals surface area contributed by atoms with Crippen LogP contribution >= 0.6 is 0 Å². The number of carbonyl (C=O) groups excluding carboxylic acids is 3. The van der Waals surface area contributed by atoms with E-state index < -0.39 is 52.0 Å². The zero-order valence-electron chi connectivity index (χ0n) is 18.5. The fraction of sp³-hybridized carbons (Fsp3) is 0.375. The number of benzene rings is 2. The standard InChI is InChI=1S/C24H25NO7/c1-9-6-7-12-10(2)13-8-14-18(25(4)5)21(29)15(11(3)26)22(30)24(14,32)23(31)17(13)20(28)16(12)19(9)27/h6-7,14,18,27-28,30,32H,8H2,1-5H3/t14?,18-,24?/m1/s1. The molecule has 4 rings (SSSR count). The number of likely N-dealkylation sites (N-methyl/N-ethyl adjacent to an activating group) is 1. The van der Waals surface area contributed by atoms with Crippen molar-refractivity contribution >= 4 is 28.1 Å². The minimum Gasteiger partial charge on any atom is -0.508 e. The molecule has 2 aliphatic carbocycles. The molecule has 0 saturated heterocycles. The van der Waals surface area contributed by atoms with Crippen LogP contribution in [-0.2, 0) is 16.0 Å². The fourth-order valence-electron chi connectivity index (χ4n) is 5.29. The average Bonchev–Trinajstić information content (AvgIpc) is 2.70. The van der Waals surface area contributed by atoms with Crippen molar-refractivity contribution in [3.8, 4) is 11.5 Å². The number of carbonyl (C=O) groups is 3. The second kappa shape index (κ2) is 6.88. The topological polar surface area (TPSA) is 135 Å². The normalized spacial score (nSPS) is 25.3. The molecular weight excluding hydrogens is 414 g/mol. The summed E-state index contributed by atoms with van der Waals surface area (Å²) in [5.74, 6) is -5.21. The van der Waals surface area contributed by atoms with Crippen molar-refractivity contribution in [2.45, 2.75) is 38.8 Å². The smallest absolute Gasteiger partial charge is 0.206 e. The summed E-state index contributed by atoms with van der Waals surface area (Å²) >= 11 is 0. The Morgan fingerprint density at radius 3 is 2.28 bits per heavy atom. The van der Waals surface area contributed by atoms with Gasteiger partial charge < -0.3 is 20.4 Å². The number of fused-ring (bicyclic) bond motifs is 3. The summed E-state index contributed by atoms with van der Waals surface area (Å²) in [5, 5.41) is 44.7. The van der Waals surface area contributed by atoms with Gasteiger partial charge in [0.05, 0.1) is 17.0 Å². The summed E-state index contributed by atoms with van der Waals surface area (Å²) in [5.41, 5.74) is -1.88. The Bertz CT molecular complexity index is 1270. The van der Waals surface area contributed by atoms with E-state index in [0.717, 1.165) is 6.92 Å². The molecule has 2 aromatic rings. The Labute approximate surface area is 184 Å². The Kier molecular flexibility index (Phi) is 4.73. The van der Waals surface area contributed by atoms with E-state index in [1.807, 2.05) is 0 Å². The van der Waals surface area contributed by atoms with Crippen molar-refractivity contribution in [1.82, 2.24) is 4.90 Å². The molecule has 0 bridgehead atoms. The Morgan fingerprint density at radius 1 is 1.09 bits per heavy atom. The summed E-state index contributed by atoms with van der Waals surface area (Å²) < 4.78 is 0. The minimum absolute atomic E-state index is 0.00856. The lowest BCUT2D eigenvalue weighted by Gasteiger charge is -2.47. The van der Waals surface area contributed by atoms with Gasteiger partial charge in [0.25, 0.3) is 0 Å². The van der Waals surface area contributed by atoms with Crippen molar-refractivity contribution in [3.05, 3.63) is 45.7 Å². The number of phenols is 2. The summed E-state index contributed by atoms with van der Waals surface area (Å²) in [4.78, 5) is 40.5. The maximum Gasteiger partial charge on any atom is 0.206 e. The first kappa shape index (κ1) is 22.0. The molecule has 168 valence electrons. The van der Waals surface area contributed by atoms with Crippen LogP contribution in [0.3, 0.4) is 0 Å². The van der Waals surface area contributed by atoms with E-state index in [0.29, 0.717) is 22.1 Å². The van der Waals surface area contributed by atoms with E-state index in [9.17, 15) is 34.8 Å². The lowest BCUT2D eigenvalue weighted by molar-refractivity contribution is -0.131. The van der Waals surface area contributed by atoms with Crippen molar-refractivity contribution < 1.29 is 34.8 Å². The highest BCUT2D eigenvalue weighted by Crippen LogP contribution is 2.51. The molecule has 2 aromatic carbocycles. The third-order valence-electron chi connectivity index (χ3n) is 6.95. The number of phenolic OH excluding ortho intramolecular Hbond substituents is 2. The van der Waals surface area contributed by atoms with Crippen LogP contribution in [0.5, 0.6) is 11.5 Å². The molecule has 3 atom stereocenters. The highest BCUT2D eigenvalue weighted by Gasteiger charge is 2.62. The number of Topliss-reactive ketones (excluding diaryl/α,β-unsaturated/α-hetero) is 3. The van der Waals surface area contributed by atoms with Gasteiger partial charge in [-0.1, -0.05) is 12.1 Å². The molecule has 4 N–H and O–H groups in total. The number of aromatic hydroxyl groups is 2. The molecule has 0 heterocycles. The van der Waals surface area contributed by atoms with Crippen LogP contribution in [0, 0.1) is 19.8 Å². The number of hydrogen-bond acceptors (Lipinski definition) is 8. The molecule has 0 spiro atoms. The van der Waals surface area contributed by atoms with Gasteiger partial charge in [-0.15, -0.1) is 0 Å². The maximum atomic E-state index is 13.7. The first-order chi connectivity index (χ1) is 14.8. The largest absolute Gasteiger partial charge is 0.508 e. The zero-order chi connectivity index (χ0) is 23.9. The molecule has 8 nitrogen and oxygen atoms in total. The zero-order valence-corrected chi connectivity index (χ0v) is 18.5. The predicted octanol–water partition coefficient (Wildman–Crippen LogP) is 1.87. The van der Waals surface area contributed by atoms with E-state index in [4.69, 9.17) is 0 Å². The van der Waals surface area contributed by atoms with Crippen molar-refractivity contribution in [3.63, 3.8) is 0 Å². The SMILES string of the molecule is CC(=O)C1=C(O)C2(O)C(=O)c3c(c(C)c4ccc(C)c(O)c4c3O)CC2[C@@H](N(C)C)C1=O. The Balaban J connectivity index is 2.12. The van der Waals surface area contributed by atoms with Crippen LogP contribution in [0.15, 0.2) is 23.5 Å². The van der Waals surface area contributed by atoms with E-state index in [2.05, 4.69) is 0 Å². The van der Waals surface area contributed by atoms with Crippen LogP contribution in [0.2, 0.25) is 0 Å². The molecule has 0 radical (unpaired) electrons. The van der Waals surface area contributed by atoms with E-state index in [1.54, 1.807) is 40.1 Å². The first-order valence-corrected chi connectivity index (χ1v) is 10.2. The van der Waals surface area contributed by atoms with Gasteiger partial charge in [0, 0.05) is 5.92 Å². The van der Waals surface area contributed by atoms with Crippen LogP contribution in [0.1, 0.15) is 34.0 Å². The van der Waals surface area contributed by atoms with Crippen LogP contribution < -0.4 is 0 Å². The van der Waals surface area contributed by atoms with Crippen molar-refractivity contribution in [2.75, 3.05) is 14.1 Å². The number of nitrogens with zero attached hydrogens (tertiary/aromatic N) is 1.